The van der Waals surface area contributed by atoms with Gasteiger partial charge < -0.3 is 23.7 Å². The summed E-state index contributed by atoms with van der Waals surface area (Å²) in [5.41, 5.74) is 0. The second-order valence-corrected chi connectivity index (χ2v) is 7.58. The largest absolute Gasteiger partial charge is 0.462 e. The van der Waals surface area contributed by atoms with Gasteiger partial charge in [0.15, 0.2) is 0 Å². The van der Waals surface area contributed by atoms with Crippen molar-refractivity contribution in [2.75, 3.05) is 26.4 Å². The topological polar surface area (TPSA) is 52.8 Å². The number of hydrogen-bond acceptors (Lipinski definition) is 5. The number of epoxide rings is 2. The molecule has 4 unspecified atom stereocenters. The molecule has 5 nitrogen and oxygen atoms in total. The lowest BCUT2D eigenvalue weighted by Gasteiger charge is -2.25. The summed E-state index contributed by atoms with van der Waals surface area (Å²) in [6, 6.07) is 0. The fourth-order valence-electron chi connectivity index (χ4n) is 2.91. The molecule has 0 radical (unpaired) electrons. The summed E-state index contributed by atoms with van der Waals surface area (Å²) in [5, 5.41) is 0. The molecule has 4 atom stereocenters. The van der Waals surface area contributed by atoms with Gasteiger partial charge in [-0.05, 0) is 12.8 Å². The highest BCUT2D eigenvalue weighted by molar-refractivity contribution is 5.03. The van der Waals surface area contributed by atoms with E-state index in [9.17, 15) is 0 Å². The van der Waals surface area contributed by atoms with Crippen LogP contribution < -0.4 is 0 Å². The molecule has 2 saturated heterocycles. The van der Waals surface area contributed by atoms with Crippen LogP contribution in [0, 0.1) is 0 Å². The van der Waals surface area contributed by atoms with Gasteiger partial charge in [-0.15, -0.1) is 0 Å². The van der Waals surface area contributed by atoms with E-state index in [0.717, 1.165) is 38.9 Å². The van der Waals surface area contributed by atoms with Crippen LogP contribution in [0.25, 0.3) is 0 Å². The molecule has 156 valence electrons. The lowest BCUT2D eigenvalue weighted by molar-refractivity contribution is -0.000685. The highest BCUT2D eigenvalue weighted by atomic mass is 16.6. The highest BCUT2D eigenvalue weighted by Gasteiger charge is 2.28. The first-order valence-corrected chi connectivity index (χ1v) is 10.7. The summed E-state index contributed by atoms with van der Waals surface area (Å²) in [7, 11) is 0. The Morgan fingerprint density at radius 1 is 0.815 bits per heavy atom. The minimum Gasteiger partial charge on any atom is -0.462 e. The van der Waals surface area contributed by atoms with E-state index in [4.69, 9.17) is 23.7 Å². The molecular formula is C22H38O5. The fourth-order valence-corrected chi connectivity index (χ4v) is 2.91. The van der Waals surface area contributed by atoms with Crippen LogP contribution >= 0.6 is 0 Å². The first-order chi connectivity index (χ1) is 13.1. The van der Waals surface area contributed by atoms with E-state index in [-0.39, 0.29) is 24.4 Å². The molecule has 0 saturated carbocycles. The third-order valence-electron chi connectivity index (χ3n) is 4.89. The van der Waals surface area contributed by atoms with Crippen LogP contribution in [0.4, 0.5) is 0 Å². The van der Waals surface area contributed by atoms with Crippen LogP contribution in [0.3, 0.4) is 0 Å². The van der Waals surface area contributed by atoms with E-state index >= 15 is 0 Å². The molecule has 27 heavy (non-hydrogen) atoms. The average molecular weight is 383 g/mol. The van der Waals surface area contributed by atoms with Crippen LogP contribution in [0.2, 0.25) is 0 Å². The lowest BCUT2D eigenvalue weighted by Crippen LogP contribution is -2.24. The van der Waals surface area contributed by atoms with E-state index < -0.39 is 0 Å². The molecule has 0 aromatic carbocycles. The molecule has 0 aromatic rings. The van der Waals surface area contributed by atoms with Crippen molar-refractivity contribution < 1.29 is 23.7 Å². The van der Waals surface area contributed by atoms with Crippen LogP contribution in [-0.2, 0) is 23.7 Å². The van der Waals surface area contributed by atoms with Crippen molar-refractivity contribution in [3.63, 3.8) is 0 Å². The summed E-state index contributed by atoms with van der Waals surface area (Å²) >= 11 is 0. The molecule has 0 amide bonds. The zero-order valence-electron chi connectivity index (χ0n) is 17.3. The van der Waals surface area contributed by atoms with E-state index in [0.29, 0.717) is 24.7 Å². The quantitative estimate of drug-likeness (QED) is 0.194. The molecule has 5 heteroatoms. The molecule has 2 aliphatic rings. The fraction of sp³-hybridized carbons (Fsp3) is 0.818. The number of ether oxygens (including phenoxy) is 5. The molecule has 2 fully saturated rings. The summed E-state index contributed by atoms with van der Waals surface area (Å²) in [6.45, 7) is 15.4. The Labute approximate surface area is 165 Å². The van der Waals surface area contributed by atoms with Gasteiger partial charge in [0.1, 0.15) is 35.9 Å². The molecule has 0 aliphatic carbocycles. The van der Waals surface area contributed by atoms with E-state index in [2.05, 4.69) is 27.0 Å². The Bertz CT molecular complexity index is 402. The zero-order chi connectivity index (χ0) is 19.5. The van der Waals surface area contributed by atoms with E-state index in [1.54, 1.807) is 0 Å². The first-order valence-electron chi connectivity index (χ1n) is 10.7. The lowest BCUT2D eigenvalue weighted by atomic mass is 10.1. The van der Waals surface area contributed by atoms with Crippen LogP contribution in [-0.4, -0.2) is 50.8 Å². The first kappa shape index (κ1) is 22.4. The molecular weight excluding hydrogens is 344 g/mol. The van der Waals surface area contributed by atoms with Crippen molar-refractivity contribution in [1.29, 1.82) is 0 Å². The van der Waals surface area contributed by atoms with Gasteiger partial charge in [-0.2, -0.15) is 0 Å². The summed E-state index contributed by atoms with van der Waals surface area (Å²) in [6.07, 6.45) is 8.93. The Morgan fingerprint density at radius 3 is 1.56 bits per heavy atom. The van der Waals surface area contributed by atoms with Crippen molar-refractivity contribution in [3.05, 3.63) is 24.7 Å². The van der Waals surface area contributed by atoms with Gasteiger partial charge in [0.05, 0.1) is 26.4 Å². The smallest absolute Gasteiger partial charge is 0.125 e. The molecule has 0 N–H and O–H groups in total. The predicted molar refractivity (Wildman–Crippen MR) is 107 cm³/mol. The van der Waals surface area contributed by atoms with Gasteiger partial charge in [0, 0.05) is 0 Å². The summed E-state index contributed by atoms with van der Waals surface area (Å²) in [5.74, 6) is 1.26. The van der Waals surface area contributed by atoms with Gasteiger partial charge in [-0.3, -0.25) is 0 Å². The van der Waals surface area contributed by atoms with Crippen molar-refractivity contribution >= 4 is 0 Å². The number of hydrogen-bond donors (Lipinski definition) is 0. The molecule has 2 heterocycles. The standard InChI is InChI=1S/C22H38O5/c1-5-7-9-11-21(25-15-19-13-23-19)17(3)27-18(4)22(12-10-8-6-2)26-16-20-14-24-20/h19-22H,3-16H2,1-2H3. The van der Waals surface area contributed by atoms with Gasteiger partial charge in [0.25, 0.3) is 0 Å². The van der Waals surface area contributed by atoms with Crippen LogP contribution in [0.5, 0.6) is 0 Å². The molecule has 0 aromatic heterocycles. The van der Waals surface area contributed by atoms with E-state index in [1.807, 2.05) is 0 Å². The second-order valence-electron chi connectivity index (χ2n) is 7.58. The molecule has 0 spiro atoms. The Balaban J connectivity index is 1.81. The highest BCUT2D eigenvalue weighted by Crippen LogP contribution is 2.24. The monoisotopic (exact) mass is 382 g/mol. The molecule has 2 rings (SSSR count). The van der Waals surface area contributed by atoms with Crippen molar-refractivity contribution in [2.45, 2.75) is 89.6 Å². The van der Waals surface area contributed by atoms with Crippen molar-refractivity contribution in [1.82, 2.24) is 0 Å². The predicted octanol–water partition coefficient (Wildman–Crippen LogP) is 4.76. The average Bonchev–Trinajstić information content (AvgIpc) is 3.55. The second kappa shape index (κ2) is 12.6. The Hall–Kier alpha value is -0.880. The Kier molecular flexibility index (Phi) is 10.4. The number of rotatable bonds is 18. The third-order valence-corrected chi connectivity index (χ3v) is 4.89. The summed E-state index contributed by atoms with van der Waals surface area (Å²) < 4.78 is 28.5. The zero-order valence-corrected chi connectivity index (χ0v) is 17.3. The molecule has 0 bridgehead atoms. The maximum absolute atomic E-state index is 6.02. The van der Waals surface area contributed by atoms with Gasteiger partial charge in [0.2, 0.25) is 0 Å². The maximum atomic E-state index is 6.02. The van der Waals surface area contributed by atoms with Crippen LogP contribution in [0.1, 0.15) is 65.2 Å². The minimum atomic E-state index is -0.124. The van der Waals surface area contributed by atoms with Crippen molar-refractivity contribution in [3.8, 4) is 0 Å². The third kappa shape index (κ3) is 9.74. The maximum Gasteiger partial charge on any atom is 0.125 e. The van der Waals surface area contributed by atoms with Gasteiger partial charge in [-0.25, -0.2) is 0 Å². The van der Waals surface area contributed by atoms with Gasteiger partial charge >= 0.3 is 0 Å². The number of unbranched alkanes of at least 4 members (excludes halogenated alkanes) is 4. The minimum absolute atomic E-state index is 0.124. The SMILES string of the molecule is C=C(OC(=C)C(CCCCC)OCC1CO1)C(CCCCC)OCC1CO1. The molecule has 2 aliphatic heterocycles. The van der Waals surface area contributed by atoms with Crippen molar-refractivity contribution in [2.24, 2.45) is 0 Å². The van der Waals surface area contributed by atoms with Gasteiger partial charge in [-0.1, -0.05) is 65.5 Å². The normalized spacial score (nSPS) is 22.9. The van der Waals surface area contributed by atoms with Crippen LogP contribution in [0.15, 0.2) is 24.7 Å². The Morgan fingerprint density at radius 2 is 1.22 bits per heavy atom. The van der Waals surface area contributed by atoms with E-state index in [1.165, 1.54) is 25.7 Å². The summed E-state index contributed by atoms with van der Waals surface area (Å²) in [4.78, 5) is 0.